The van der Waals surface area contributed by atoms with E-state index in [9.17, 15) is 4.79 Å². The normalized spacial score (nSPS) is 23.4. The lowest BCUT2D eigenvalue weighted by Gasteiger charge is -2.34. The Balaban J connectivity index is 1.31. The maximum Gasteiger partial charge on any atom is 0.415 e. The van der Waals surface area contributed by atoms with Gasteiger partial charge in [-0.3, -0.25) is 4.90 Å². The van der Waals surface area contributed by atoms with Gasteiger partial charge in [-0.25, -0.2) is 4.79 Å². The van der Waals surface area contributed by atoms with E-state index in [-0.39, 0.29) is 6.09 Å². The molecule has 156 valence electrons. The van der Waals surface area contributed by atoms with Gasteiger partial charge in [-0.15, -0.1) is 0 Å². The molecule has 3 rings (SSSR count). The molecule has 0 spiro atoms. The van der Waals surface area contributed by atoms with Gasteiger partial charge in [0.1, 0.15) is 5.75 Å². The van der Waals surface area contributed by atoms with Crippen LogP contribution >= 0.6 is 15.9 Å². The molecule has 0 atom stereocenters. The molecule has 0 radical (unpaired) electrons. The maximum atomic E-state index is 12.4. The summed E-state index contributed by atoms with van der Waals surface area (Å²) in [5.41, 5.74) is 0. The molecule has 28 heavy (non-hydrogen) atoms. The molecule has 1 aromatic rings. The number of hydrogen-bond acceptors (Lipinski definition) is 4. The van der Waals surface area contributed by atoms with Crippen molar-refractivity contribution in [1.29, 1.82) is 0 Å². The van der Waals surface area contributed by atoms with Crippen LogP contribution in [0.5, 0.6) is 5.75 Å². The number of ether oxygens (including phenoxy) is 2. The van der Waals surface area contributed by atoms with E-state index in [1.54, 1.807) is 4.90 Å². The first-order valence-corrected chi connectivity index (χ1v) is 11.4. The van der Waals surface area contributed by atoms with Crippen LogP contribution < -0.4 is 4.74 Å². The van der Waals surface area contributed by atoms with Crippen molar-refractivity contribution in [2.45, 2.75) is 51.0 Å². The van der Waals surface area contributed by atoms with Crippen LogP contribution in [0.2, 0.25) is 0 Å². The van der Waals surface area contributed by atoms with E-state index < -0.39 is 0 Å². The second kappa shape index (κ2) is 11.2. The molecule has 1 amide bonds. The van der Waals surface area contributed by atoms with Crippen molar-refractivity contribution in [2.75, 3.05) is 39.9 Å². The third-order valence-electron chi connectivity index (χ3n) is 6.11. The van der Waals surface area contributed by atoms with E-state index in [1.165, 1.54) is 38.6 Å². The van der Waals surface area contributed by atoms with Crippen LogP contribution in [-0.4, -0.2) is 61.8 Å². The number of morpholine rings is 1. The van der Waals surface area contributed by atoms with Crippen LogP contribution in [0.3, 0.4) is 0 Å². The number of nitrogens with zero attached hydrogens (tertiary/aromatic N) is 2. The van der Waals surface area contributed by atoms with Gasteiger partial charge in [-0.05, 0) is 68.8 Å². The standard InChI is InChI=1S/C22H33BrN2O3/c1-24(22(26)28-21-11-7-19(23)8-12-21)20-9-5-18(6-10-20)4-2-3-13-25-14-16-27-17-15-25/h7-8,11-12,18,20H,2-6,9-10,13-17H2,1H3/t18-,20-. The van der Waals surface area contributed by atoms with Gasteiger partial charge in [0.2, 0.25) is 0 Å². The second-order valence-electron chi connectivity index (χ2n) is 8.06. The zero-order valence-corrected chi connectivity index (χ0v) is 18.5. The summed E-state index contributed by atoms with van der Waals surface area (Å²) in [6, 6.07) is 7.68. The third kappa shape index (κ3) is 6.75. The maximum absolute atomic E-state index is 12.4. The van der Waals surface area contributed by atoms with Crippen LogP contribution in [0.1, 0.15) is 44.9 Å². The lowest BCUT2D eigenvalue weighted by atomic mass is 9.82. The van der Waals surface area contributed by atoms with Crippen molar-refractivity contribution >= 4 is 22.0 Å². The van der Waals surface area contributed by atoms with E-state index in [2.05, 4.69) is 20.8 Å². The molecule has 2 fully saturated rings. The first kappa shape index (κ1) is 21.6. The smallest absolute Gasteiger partial charge is 0.410 e. The van der Waals surface area contributed by atoms with Gasteiger partial charge < -0.3 is 14.4 Å². The topological polar surface area (TPSA) is 42.0 Å². The predicted molar refractivity (Wildman–Crippen MR) is 115 cm³/mol. The van der Waals surface area contributed by atoms with E-state index >= 15 is 0 Å². The van der Waals surface area contributed by atoms with E-state index in [0.717, 1.165) is 49.5 Å². The highest BCUT2D eigenvalue weighted by Crippen LogP contribution is 2.31. The number of carbonyl (C=O) groups is 1. The quantitative estimate of drug-likeness (QED) is 0.549. The zero-order chi connectivity index (χ0) is 19.8. The van der Waals surface area contributed by atoms with Gasteiger partial charge in [0.05, 0.1) is 13.2 Å². The highest BCUT2D eigenvalue weighted by molar-refractivity contribution is 9.10. The highest BCUT2D eigenvalue weighted by Gasteiger charge is 2.27. The SMILES string of the molecule is CN(C(=O)Oc1ccc(Br)cc1)[C@H]1CC[C@H](CCCCN2CCOCC2)CC1. The first-order valence-electron chi connectivity index (χ1n) is 10.6. The van der Waals surface area contributed by atoms with Crippen molar-refractivity contribution in [3.05, 3.63) is 28.7 Å². The summed E-state index contributed by atoms with van der Waals surface area (Å²) in [4.78, 5) is 16.7. The molecule has 1 aliphatic heterocycles. The molecule has 1 aliphatic carbocycles. The van der Waals surface area contributed by atoms with Gasteiger partial charge in [-0.1, -0.05) is 28.8 Å². The fourth-order valence-corrected chi connectivity index (χ4v) is 4.50. The zero-order valence-electron chi connectivity index (χ0n) is 16.9. The predicted octanol–water partition coefficient (Wildman–Crippen LogP) is 4.94. The Morgan fingerprint density at radius 3 is 2.50 bits per heavy atom. The summed E-state index contributed by atoms with van der Waals surface area (Å²) < 4.78 is 11.9. The molecular weight excluding hydrogens is 420 g/mol. The molecule has 6 heteroatoms. The van der Waals surface area contributed by atoms with Crippen molar-refractivity contribution in [3.8, 4) is 5.75 Å². The van der Waals surface area contributed by atoms with Crippen LogP contribution in [0.4, 0.5) is 4.79 Å². The van der Waals surface area contributed by atoms with E-state index in [4.69, 9.17) is 9.47 Å². The Morgan fingerprint density at radius 1 is 1.14 bits per heavy atom. The molecule has 1 saturated heterocycles. The van der Waals surface area contributed by atoms with Gasteiger partial charge in [0.25, 0.3) is 0 Å². The number of benzene rings is 1. The molecule has 1 saturated carbocycles. The molecule has 0 aromatic heterocycles. The van der Waals surface area contributed by atoms with E-state index in [0.29, 0.717) is 11.8 Å². The summed E-state index contributed by atoms with van der Waals surface area (Å²) in [7, 11) is 1.87. The molecule has 1 heterocycles. The molecule has 0 bridgehead atoms. The van der Waals surface area contributed by atoms with Crippen molar-refractivity contribution < 1.29 is 14.3 Å². The minimum Gasteiger partial charge on any atom is -0.410 e. The average molecular weight is 453 g/mol. The molecule has 5 nitrogen and oxygen atoms in total. The van der Waals surface area contributed by atoms with Crippen molar-refractivity contribution in [1.82, 2.24) is 9.80 Å². The summed E-state index contributed by atoms with van der Waals surface area (Å²) in [5.74, 6) is 1.41. The van der Waals surface area contributed by atoms with Crippen molar-refractivity contribution in [2.24, 2.45) is 5.92 Å². The number of halogens is 1. The third-order valence-corrected chi connectivity index (χ3v) is 6.64. The fourth-order valence-electron chi connectivity index (χ4n) is 4.24. The van der Waals surface area contributed by atoms with Gasteiger partial charge in [0, 0.05) is 30.7 Å². The lowest BCUT2D eigenvalue weighted by Crippen LogP contribution is -2.41. The number of amides is 1. The van der Waals surface area contributed by atoms with Gasteiger partial charge >= 0.3 is 6.09 Å². The summed E-state index contributed by atoms with van der Waals surface area (Å²) >= 11 is 3.39. The minimum absolute atomic E-state index is 0.253. The molecular formula is C22H33BrN2O3. The lowest BCUT2D eigenvalue weighted by molar-refractivity contribution is 0.0369. The Labute approximate surface area is 177 Å². The van der Waals surface area contributed by atoms with Gasteiger partial charge in [0.15, 0.2) is 0 Å². The average Bonchev–Trinajstić information content (AvgIpc) is 2.73. The Morgan fingerprint density at radius 2 is 1.82 bits per heavy atom. The first-order chi connectivity index (χ1) is 13.6. The Hall–Kier alpha value is -1.11. The summed E-state index contributed by atoms with van der Waals surface area (Å²) in [6.45, 7) is 5.18. The molecule has 0 N–H and O–H groups in total. The number of unbranched alkanes of at least 4 members (excludes halogenated alkanes) is 1. The second-order valence-corrected chi connectivity index (χ2v) is 8.97. The summed E-state index contributed by atoms with van der Waals surface area (Å²) in [5, 5.41) is 0. The number of rotatable bonds is 7. The van der Waals surface area contributed by atoms with E-state index in [1.807, 2.05) is 31.3 Å². The van der Waals surface area contributed by atoms with Crippen molar-refractivity contribution in [3.63, 3.8) is 0 Å². The largest absolute Gasteiger partial charge is 0.415 e. The number of carbonyl (C=O) groups excluding carboxylic acids is 1. The Kier molecular flexibility index (Phi) is 8.62. The number of hydrogen-bond donors (Lipinski definition) is 0. The van der Waals surface area contributed by atoms with Crippen LogP contribution in [0.15, 0.2) is 28.7 Å². The highest BCUT2D eigenvalue weighted by atomic mass is 79.9. The van der Waals surface area contributed by atoms with Crippen LogP contribution in [-0.2, 0) is 4.74 Å². The molecule has 1 aromatic carbocycles. The Bertz CT molecular complexity index is 596. The minimum atomic E-state index is -0.253. The fraction of sp³-hybridized carbons (Fsp3) is 0.682. The van der Waals surface area contributed by atoms with Gasteiger partial charge in [-0.2, -0.15) is 0 Å². The van der Waals surface area contributed by atoms with Crippen LogP contribution in [0.25, 0.3) is 0 Å². The summed E-state index contributed by atoms with van der Waals surface area (Å²) in [6.07, 6.45) is 8.28. The monoisotopic (exact) mass is 452 g/mol. The molecule has 0 unspecified atom stereocenters. The molecule has 2 aliphatic rings. The van der Waals surface area contributed by atoms with Crippen LogP contribution in [0, 0.1) is 5.92 Å².